The highest BCUT2D eigenvalue weighted by atomic mass is 16.3. The average Bonchev–Trinajstić information content (AvgIpc) is 3.36. The van der Waals surface area contributed by atoms with Gasteiger partial charge < -0.3 is 15.3 Å². The Labute approximate surface area is 214 Å². The second kappa shape index (κ2) is 8.75. The molecular weight excluding hydrogens is 466 g/mol. The number of carbonyl (C=O) groups excluding carboxylic acids is 1. The van der Waals surface area contributed by atoms with Gasteiger partial charge in [-0.15, -0.1) is 0 Å². The van der Waals surface area contributed by atoms with Crippen molar-refractivity contribution < 1.29 is 9.90 Å². The molecule has 0 spiro atoms. The number of carbonyl (C=O) groups is 1. The number of nitrogens with one attached hydrogen (secondary N) is 1. The van der Waals surface area contributed by atoms with E-state index < -0.39 is 6.10 Å². The first-order valence-corrected chi connectivity index (χ1v) is 12.6. The molecule has 1 saturated carbocycles. The SMILES string of the molecule is CC(C)C(O)C(=O)NC1[C@H]2CN(c3ccc(-c4cc(-c5cnn(C)c5)cn5ncc(C#N)c45)cc3)C[C@@H]12. The van der Waals surface area contributed by atoms with Gasteiger partial charge in [0.2, 0.25) is 5.91 Å². The van der Waals surface area contributed by atoms with E-state index in [1.165, 1.54) is 0 Å². The van der Waals surface area contributed by atoms with Crippen LogP contribution in [0.5, 0.6) is 0 Å². The Kier molecular flexibility index (Phi) is 5.50. The first-order chi connectivity index (χ1) is 17.8. The van der Waals surface area contributed by atoms with Gasteiger partial charge in [-0.3, -0.25) is 9.48 Å². The number of piperidine rings is 1. The lowest BCUT2D eigenvalue weighted by Crippen LogP contribution is -2.42. The number of aliphatic hydroxyl groups is 1. The van der Waals surface area contributed by atoms with Crippen LogP contribution in [0.25, 0.3) is 27.8 Å². The summed E-state index contributed by atoms with van der Waals surface area (Å²) in [4.78, 5) is 14.6. The van der Waals surface area contributed by atoms with Crippen LogP contribution in [0.4, 0.5) is 5.69 Å². The molecule has 9 nitrogen and oxygen atoms in total. The van der Waals surface area contributed by atoms with Gasteiger partial charge in [0.15, 0.2) is 0 Å². The van der Waals surface area contributed by atoms with Crippen LogP contribution in [-0.4, -0.2) is 55.6 Å². The van der Waals surface area contributed by atoms with Crippen LogP contribution >= 0.6 is 0 Å². The molecule has 1 saturated heterocycles. The number of nitrogens with zero attached hydrogens (tertiary/aromatic N) is 6. The highest BCUT2D eigenvalue weighted by Gasteiger charge is 2.56. The third-order valence-electron chi connectivity index (χ3n) is 7.72. The van der Waals surface area contributed by atoms with E-state index in [9.17, 15) is 15.2 Å². The number of fused-ring (bicyclic) bond motifs is 2. The zero-order valence-electron chi connectivity index (χ0n) is 21.0. The number of aromatic nitrogens is 4. The second-order valence-electron chi connectivity index (χ2n) is 10.5. The lowest BCUT2D eigenvalue weighted by Gasteiger charge is -2.23. The van der Waals surface area contributed by atoms with E-state index >= 15 is 0 Å². The fourth-order valence-corrected chi connectivity index (χ4v) is 5.51. The van der Waals surface area contributed by atoms with E-state index in [-0.39, 0.29) is 17.9 Å². The predicted molar refractivity (Wildman–Crippen MR) is 140 cm³/mol. The Morgan fingerprint density at radius 3 is 2.43 bits per heavy atom. The van der Waals surface area contributed by atoms with Crippen molar-refractivity contribution in [2.75, 3.05) is 18.0 Å². The maximum atomic E-state index is 12.2. The van der Waals surface area contributed by atoms with E-state index in [0.717, 1.165) is 46.5 Å². The van der Waals surface area contributed by atoms with Crippen LogP contribution in [0.15, 0.2) is 55.1 Å². The summed E-state index contributed by atoms with van der Waals surface area (Å²) >= 11 is 0. The lowest BCUT2D eigenvalue weighted by molar-refractivity contribution is -0.131. The van der Waals surface area contributed by atoms with Crippen LogP contribution in [0.1, 0.15) is 19.4 Å². The molecule has 3 aromatic heterocycles. The fraction of sp³-hybridized carbons (Fsp3) is 0.357. The molecule has 4 aromatic rings. The van der Waals surface area contributed by atoms with E-state index in [1.807, 2.05) is 39.5 Å². The Bertz CT molecular complexity index is 1520. The van der Waals surface area contributed by atoms with Gasteiger partial charge >= 0.3 is 0 Å². The molecular formula is C28H29N7O2. The predicted octanol–water partition coefficient (Wildman–Crippen LogP) is 2.84. The molecule has 0 bridgehead atoms. The molecule has 2 aliphatic rings. The van der Waals surface area contributed by atoms with Gasteiger partial charge in [0.25, 0.3) is 0 Å². The summed E-state index contributed by atoms with van der Waals surface area (Å²) in [6, 6.07) is 12.9. The first kappa shape index (κ1) is 23.3. The van der Waals surface area contributed by atoms with E-state index in [4.69, 9.17) is 0 Å². The summed E-state index contributed by atoms with van der Waals surface area (Å²) in [5, 5.41) is 31.4. The minimum absolute atomic E-state index is 0.0910. The highest BCUT2D eigenvalue weighted by Crippen LogP contribution is 2.47. The molecule has 9 heteroatoms. The van der Waals surface area contributed by atoms with Gasteiger partial charge in [-0.25, -0.2) is 4.52 Å². The third kappa shape index (κ3) is 4.03. The number of hydrogen-bond acceptors (Lipinski definition) is 6. The van der Waals surface area contributed by atoms with Crippen LogP contribution in [0, 0.1) is 29.1 Å². The molecule has 2 N–H and O–H groups in total. The monoisotopic (exact) mass is 495 g/mol. The Morgan fingerprint density at radius 1 is 1.08 bits per heavy atom. The summed E-state index contributed by atoms with van der Waals surface area (Å²) in [7, 11) is 1.89. The maximum Gasteiger partial charge on any atom is 0.249 e. The number of benzene rings is 1. The van der Waals surface area contributed by atoms with Crippen molar-refractivity contribution in [1.82, 2.24) is 24.7 Å². The minimum Gasteiger partial charge on any atom is -0.383 e. The van der Waals surface area contributed by atoms with Crippen LogP contribution in [0.2, 0.25) is 0 Å². The van der Waals surface area contributed by atoms with Crippen molar-refractivity contribution in [1.29, 1.82) is 5.26 Å². The molecule has 4 heterocycles. The number of aryl methyl sites for hydroxylation is 1. The zero-order chi connectivity index (χ0) is 25.8. The molecule has 1 aromatic carbocycles. The van der Waals surface area contributed by atoms with Crippen molar-refractivity contribution in [3.63, 3.8) is 0 Å². The first-order valence-electron chi connectivity index (χ1n) is 12.6. The standard InChI is InChI=1S/C28H29N7O2/c1-16(2)27(36)28(37)32-25-23-14-34(15-24(23)25)21-6-4-17(5-7-21)22-8-18(20-11-30-33(3)12-20)13-35-26(22)19(9-29)10-31-35/h4-8,10-13,16,23-25,27,36H,14-15H2,1-3H3,(H,32,37)/t23-,24+,25?,27?. The van der Waals surface area contributed by atoms with E-state index in [0.29, 0.717) is 17.4 Å². The number of pyridine rings is 1. The highest BCUT2D eigenvalue weighted by molar-refractivity contribution is 5.88. The van der Waals surface area contributed by atoms with E-state index in [2.05, 4.69) is 56.8 Å². The summed E-state index contributed by atoms with van der Waals surface area (Å²) < 4.78 is 3.53. The smallest absolute Gasteiger partial charge is 0.249 e. The third-order valence-corrected chi connectivity index (χ3v) is 7.72. The molecule has 2 unspecified atom stereocenters. The molecule has 37 heavy (non-hydrogen) atoms. The molecule has 1 amide bonds. The second-order valence-corrected chi connectivity index (χ2v) is 10.5. The topological polar surface area (TPSA) is 111 Å². The van der Waals surface area contributed by atoms with Gasteiger partial charge in [0.1, 0.15) is 12.2 Å². The Balaban J connectivity index is 1.22. The molecule has 1 aliphatic heterocycles. The van der Waals surface area contributed by atoms with Gasteiger partial charge in [0.05, 0.1) is 23.5 Å². The van der Waals surface area contributed by atoms with Crippen molar-refractivity contribution in [2.24, 2.45) is 24.8 Å². The number of amides is 1. The van der Waals surface area contributed by atoms with Crippen molar-refractivity contribution >= 4 is 17.1 Å². The maximum absolute atomic E-state index is 12.2. The number of rotatable bonds is 6. The zero-order valence-corrected chi connectivity index (χ0v) is 21.0. The molecule has 6 rings (SSSR count). The molecule has 1 aliphatic carbocycles. The molecule has 4 atom stereocenters. The summed E-state index contributed by atoms with van der Waals surface area (Å²) in [5.74, 6) is 0.487. The van der Waals surface area contributed by atoms with Gasteiger partial charge in [0, 0.05) is 72.8 Å². The minimum atomic E-state index is -0.953. The number of aliphatic hydroxyl groups excluding tert-OH is 1. The summed E-state index contributed by atoms with van der Waals surface area (Å²) in [6.07, 6.45) is 6.36. The number of nitriles is 1. The van der Waals surface area contributed by atoms with Crippen molar-refractivity contribution in [3.05, 3.63) is 60.7 Å². The Hall–Kier alpha value is -4.16. The normalized spacial score (nSPS) is 21.2. The molecule has 0 radical (unpaired) electrons. The number of anilines is 1. The largest absolute Gasteiger partial charge is 0.383 e. The van der Waals surface area contributed by atoms with Crippen molar-refractivity contribution in [2.45, 2.75) is 26.0 Å². The van der Waals surface area contributed by atoms with Crippen LogP contribution in [-0.2, 0) is 11.8 Å². The quantitative estimate of drug-likeness (QED) is 0.426. The van der Waals surface area contributed by atoms with Crippen LogP contribution in [0.3, 0.4) is 0 Å². The average molecular weight is 496 g/mol. The fourth-order valence-electron chi connectivity index (χ4n) is 5.51. The summed E-state index contributed by atoms with van der Waals surface area (Å²) in [5.41, 5.74) is 6.36. The van der Waals surface area contributed by atoms with E-state index in [1.54, 1.807) is 15.4 Å². The lowest BCUT2D eigenvalue weighted by atomic mass is 10.00. The van der Waals surface area contributed by atoms with Gasteiger partial charge in [-0.2, -0.15) is 15.5 Å². The Morgan fingerprint density at radius 2 is 1.81 bits per heavy atom. The van der Waals surface area contributed by atoms with Gasteiger partial charge in [-0.1, -0.05) is 26.0 Å². The summed E-state index contributed by atoms with van der Waals surface area (Å²) in [6.45, 7) is 5.46. The number of hydrogen-bond donors (Lipinski definition) is 2. The van der Waals surface area contributed by atoms with Gasteiger partial charge in [-0.05, 0) is 29.7 Å². The molecule has 188 valence electrons. The van der Waals surface area contributed by atoms with Crippen LogP contribution < -0.4 is 10.2 Å². The van der Waals surface area contributed by atoms with Crippen molar-refractivity contribution in [3.8, 4) is 28.3 Å². The molecule has 2 fully saturated rings.